The molecule has 1 aromatic heterocycles. The van der Waals surface area contributed by atoms with Crippen molar-refractivity contribution in [1.29, 1.82) is 0 Å². The van der Waals surface area contributed by atoms with Gasteiger partial charge in [-0.05, 0) is 69.3 Å². The van der Waals surface area contributed by atoms with Crippen molar-refractivity contribution in [3.05, 3.63) is 17.8 Å². The molecule has 4 bridgehead atoms. The smallest absolute Gasteiger partial charge is 0.272 e. The molecule has 0 radical (unpaired) electrons. The molecule has 5 nitrogen and oxygen atoms in total. The van der Waals surface area contributed by atoms with Crippen LogP contribution >= 0.6 is 0 Å². The van der Waals surface area contributed by atoms with E-state index in [1.807, 2.05) is 6.92 Å². The monoisotopic (exact) mass is 301 g/mol. The first-order valence-corrected chi connectivity index (χ1v) is 8.45. The minimum absolute atomic E-state index is 0.0199. The van der Waals surface area contributed by atoms with Crippen LogP contribution in [0.2, 0.25) is 0 Å². The van der Waals surface area contributed by atoms with Crippen LogP contribution in [0.4, 0.5) is 0 Å². The summed E-state index contributed by atoms with van der Waals surface area (Å²) >= 11 is 0. The van der Waals surface area contributed by atoms with E-state index in [4.69, 9.17) is 4.74 Å². The fraction of sp³-hybridized carbons (Fsp3) is 0.706. The third-order valence-electron chi connectivity index (χ3n) is 5.58. The molecule has 4 aliphatic rings. The Morgan fingerprint density at radius 3 is 2.32 bits per heavy atom. The largest absolute Gasteiger partial charge is 0.477 e. The van der Waals surface area contributed by atoms with Crippen molar-refractivity contribution >= 4 is 5.91 Å². The van der Waals surface area contributed by atoms with Crippen LogP contribution < -0.4 is 10.1 Å². The Kier molecular flexibility index (Phi) is 3.31. The molecule has 4 aliphatic carbocycles. The quantitative estimate of drug-likeness (QED) is 0.928. The molecular weight excluding hydrogens is 278 g/mol. The third kappa shape index (κ3) is 2.46. The topological polar surface area (TPSA) is 64.1 Å². The van der Waals surface area contributed by atoms with Crippen LogP contribution in [-0.2, 0) is 0 Å². The van der Waals surface area contributed by atoms with Gasteiger partial charge in [0.2, 0.25) is 5.88 Å². The molecule has 118 valence electrons. The summed E-state index contributed by atoms with van der Waals surface area (Å²) in [5.74, 6) is 2.83. The van der Waals surface area contributed by atoms with Gasteiger partial charge in [0.15, 0.2) is 5.69 Å². The molecule has 22 heavy (non-hydrogen) atoms. The highest BCUT2D eigenvalue weighted by molar-refractivity contribution is 5.92. The first-order chi connectivity index (χ1) is 10.7. The van der Waals surface area contributed by atoms with Gasteiger partial charge in [-0.25, -0.2) is 0 Å². The number of rotatable bonds is 4. The van der Waals surface area contributed by atoms with Gasteiger partial charge in [0.1, 0.15) is 0 Å². The van der Waals surface area contributed by atoms with Crippen molar-refractivity contribution in [2.24, 2.45) is 17.8 Å². The van der Waals surface area contributed by atoms with Crippen molar-refractivity contribution in [2.45, 2.75) is 51.0 Å². The molecule has 5 heteroatoms. The van der Waals surface area contributed by atoms with Crippen molar-refractivity contribution in [2.75, 3.05) is 6.61 Å². The Hall–Kier alpha value is -1.65. The van der Waals surface area contributed by atoms with Crippen LogP contribution in [0, 0.1) is 17.8 Å². The van der Waals surface area contributed by atoms with Gasteiger partial charge in [0.25, 0.3) is 5.91 Å². The molecule has 5 rings (SSSR count). The van der Waals surface area contributed by atoms with E-state index in [0.29, 0.717) is 18.2 Å². The minimum Gasteiger partial charge on any atom is -0.477 e. The van der Waals surface area contributed by atoms with E-state index in [0.717, 1.165) is 37.0 Å². The SMILES string of the molecule is CCOc1ccc(C(=O)NC23CC4CC(CC(C4)C2)C3)nn1. The summed E-state index contributed by atoms with van der Waals surface area (Å²) in [5, 5.41) is 11.3. The number of nitrogens with zero attached hydrogens (tertiary/aromatic N) is 2. The average molecular weight is 301 g/mol. The van der Waals surface area contributed by atoms with Crippen LogP contribution in [0.15, 0.2) is 12.1 Å². The van der Waals surface area contributed by atoms with Gasteiger partial charge >= 0.3 is 0 Å². The average Bonchev–Trinajstić information content (AvgIpc) is 2.46. The zero-order valence-corrected chi connectivity index (χ0v) is 13.0. The number of nitrogens with one attached hydrogen (secondary N) is 1. The van der Waals surface area contributed by atoms with E-state index in [2.05, 4.69) is 15.5 Å². The standard InChI is InChI=1S/C17H23N3O2/c1-2-22-15-4-3-14(19-20-15)16(21)18-17-8-11-5-12(9-17)7-13(6-11)10-17/h3-4,11-13H,2,5-10H2,1H3,(H,18,21). The molecule has 0 spiro atoms. The van der Waals surface area contributed by atoms with Gasteiger partial charge < -0.3 is 10.1 Å². The van der Waals surface area contributed by atoms with Crippen molar-refractivity contribution < 1.29 is 9.53 Å². The lowest BCUT2D eigenvalue weighted by Crippen LogP contribution is -2.59. The predicted octanol–water partition coefficient (Wildman–Crippen LogP) is 2.57. The fourth-order valence-electron chi connectivity index (χ4n) is 5.23. The molecule has 0 saturated heterocycles. The van der Waals surface area contributed by atoms with Gasteiger partial charge in [-0.15, -0.1) is 10.2 Å². The van der Waals surface area contributed by atoms with E-state index >= 15 is 0 Å². The maximum absolute atomic E-state index is 12.5. The van der Waals surface area contributed by atoms with E-state index in [1.54, 1.807) is 12.1 Å². The lowest BCUT2D eigenvalue weighted by Gasteiger charge is -2.56. The summed E-state index contributed by atoms with van der Waals surface area (Å²) in [4.78, 5) is 12.5. The normalized spacial score (nSPS) is 35.4. The second kappa shape index (κ2) is 5.21. The van der Waals surface area contributed by atoms with Gasteiger partial charge in [-0.2, -0.15) is 0 Å². The zero-order valence-electron chi connectivity index (χ0n) is 13.0. The second-order valence-corrected chi connectivity index (χ2v) is 7.34. The van der Waals surface area contributed by atoms with Crippen molar-refractivity contribution in [3.8, 4) is 5.88 Å². The molecule has 0 unspecified atom stereocenters. The molecule has 1 N–H and O–H groups in total. The maximum Gasteiger partial charge on any atom is 0.272 e. The number of amides is 1. The zero-order chi connectivity index (χ0) is 15.2. The Labute approximate surface area is 130 Å². The van der Waals surface area contributed by atoms with Crippen LogP contribution in [0.3, 0.4) is 0 Å². The van der Waals surface area contributed by atoms with Gasteiger partial charge in [0, 0.05) is 11.6 Å². The number of carbonyl (C=O) groups excluding carboxylic acids is 1. The molecular formula is C17H23N3O2. The highest BCUT2D eigenvalue weighted by Crippen LogP contribution is 2.55. The van der Waals surface area contributed by atoms with Crippen LogP contribution in [0.1, 0.15) is 55.9 Å². The Morgan fingerprint density at radius 1 is 1.18 bits per heavy atom. The van der Waals surface area contributed by atoms with Gasteiger partial charge in [0.05, 0.1) is 6.61 Å². The lowest BCUT2D eigenvalue weighted by molar-refractivity contribution is -0.0168. The lowest BCUT2D eigenvalue weighted by atomic mass is 9.53. The number of aromatic nitrogens is 2. The third-order valence-corrected chi connectivity index (χ3v) is 5.58. The number of hydrogen-bond acceptors (Lipinski definition) is 4. The summed E-state index contributed by atoms with van der Waals surface area (Å²) in [6, 6.07) is 3.42. The molecule has 0 aromatic carbocycles. The van der Waals surface area contributed by atoms with E-state index < -0.39 is 0 Å². The summed E-state index contributed by atoms with van der Waals surface area (Å²) in [6.07, 6.45) is 7.56. The van der Waals surface area contributed by atoms with Crippen LogP contribution in [-0.4, -0.2) is 28.3 Å². The molecule has 1 heterocycles. The molecule has 4 fully saturated rings. The number of ether oxygens (including phenoxy) is 1. The molecule has 0 atom stereocenters. The Bertz CT molecular complexity index is 534. The Morgan fingerprint density at radius 2 is 1.82 bits per heavy atom. The highest BCUT2D eigenvalue weighted by Gasteiger charge is 2.51. The molecule has 1 amide bonds. The fourth-order valence-corrected chi connectivity index (χ4v) is 5.23. The van der Waals surface area contributed by atoms with E-state index in [9.17, 15) is 4.79 Å². The second-order valence-electron chi connectivity index (χ2n) is 7.34. The van der Waals surface area contributed by atoms with Crippen LogP contribution in [0.5, 0.6) is 5.88 Å². The van der Waals surface area contributed by atoms with Crippen molar-refractivity contribution in [1.82, 2.24) is 15.5 Å². The summed E-state index contributed by atoms with van der Waals surface area (Å²) < 4.78 is 5.27. The van der Waals surface area contributed by atoms with Crippen LogP contribution in [0.25, 0.3) is 0 Å². The van der Waals surface area contributed by atoms with Gasteiger partial charge in [-0.1, -0.05) is 0 Å². The molecule has 1 aromatic rings. The molecule has 4 saturated carbocycles. The Balaban J connectivity index is 1.47. The summed E-state index contributed by atoms with van der Waals surface area (Å²) in [6.45, 7) is 2.45. The first kappa shape index (κ1) is 14.0. The van der Waals surface area contributed by atoms with Crippen molar-refractivity contribution in [3.63, 3.8) is 0 Å². The summed E-state index contributed by atoms with van der Waals surface area (Å²) in [7, 11) is 0. The van der Waals surface area contributed by atoms with E-state index in [-0.39, 0.29) is 11.4 Å². The maximum atomic E-state index is 12.5. The van der Waals surface area contributed by atoms with Gasteiger partial charge in [-0.3, -0.25) is 4.79 Å². The number of carbonyl (C=O) groups is 1. The van der Waals surface area contributed by atoms with E-state index in [1.165, 1.54) is 19.3 Å². The minimum atomic E-state index is -0.0856. The first-order valence-electron chi connectivity index (χ1n) is 8.45. The summed E-state index contributed by atoms with van der Waals surface area (Å²) in [5.41, 5.74) is 0.408. The number of hydrogen-bond donors (Lipinski definition) is 1. The predicted molar refractivity (Wildman–Crippen MR) is 81.6 cm³/mol. The highest BCUT2D eigenvalue weighted by atomic mass is 16.5. The molecule has 0 aliphatic heterocycles.